The highest BCUT2D eigenvalue weighted by Crippen LogP contribution is 2.08. The highest BCUT2D eigenvalue weighted by molar-refractivity contribution is 5.77. The van der Waals surface area contributed by atoms with Gasteiger partial charge in [0.25, 0.3) is 5.56 Å². The molecule has 0 spiro atoms. The molecule has 0 bridgehead atoms. The molecule has 0 radical (unpaired) electrons. The summed E-state index contributed by atoms with van der Waals surface area (Å²) in [4.78, 5) is 15.3. The molecule has 0 aliphatic heterocycles. The number of aromatic nitrogens is 2. The van der Waals surface area contributed by atoms with E-state index in [9.17, 15) is 4.79 Å². The van der Waals surface area contributed by atoms with E-state index in [2.05, 4.69) is 4.98 Å². The number of nitrogens with zero attached hydrogens (tertiary/aromatic N) is 2. The second kappa shape index (κ2) is 2.69. The Bertz CT molecular complexity index is 514. The molecular weight excluding hydrogens is 164 g/mol. The lowest BCUT2D eigenvalue weighted by Crippen LogP contribution is -2.14. The van der Waals surface area contributed by atoms with Gasteiger partial charge in [-0.05, 0) is 19.1 Å². The largest absolute Gasteiger partial charge is 0.332 e. The Morgan fingerprint density at radius 3 is 2.77 bits per heavy atom. The van der Waals surface area contributed by atoms with Crippen molar-refractivity contribution in [2.24, 2.45) is 7.05 Å². The smallest absolute Gasteiger partial charge is 0.280 e. The summed E-state index contributed by atoms with van der Waals surface area (Å²) in [5, 5.41) is 0.676. The van der Waals surface area contributed by atoms with Gasteiger partial charge < -0.3 is 4.57 Å². The summed E-state index contributed by atoms with van der Waals surface area (Å²) >= 11 is 0. The van der Waals surface area contributed by atoms with E-state index in [4.69, 9.17) is 0 Å². The van der Waals surface area contributed by atoms with Gasteiger partial charge in [-0.25, -0.2) is 0 Å². The van der Waals surface area contributed by atoms with Gasteiger partial charge in [0.2, 0.25) is 0 Å². The van der Waals surface area contributed by atoms with E-state index in [1.807, 2.05) is 36.7 Å². The molecule has 1 aromatic heterocycles. The zero-order valence-corrected chi connectivity index (χ0v) is 7.61. The third-order valence-corrected chi connectivity index (χ3v) is 2.24. The first-order valence-electron chi connectivity index (χ1n) is 4.12. The summed E-state index contributed by atoms with van der Waals surface area (Å²) in [6, 6.07) is 7.48. The summed E-state index contributed by atoms with van der Waals surface area (Å²) in [7, 11) is 1.91. The molecule has 1 heterocycles. The van der Waals surface area contributed by atoms with Gasteiger partial charge in [-0.2, -0.15) is 4.98 Å². The molecule has 2 rings (SSSR count). The van der Waals surface area contributed by atoms with Crippen LogP contribution < -0.4 is 5.56 Å². The minimum absolute atomic E-state index is 0.147. The van der Waals surface area contributed by atoms with E-state index < -0.39 is 0 Å². The number of para-hydroxylation sites is 1. The third kappa shape index (κ3) is 1.13. The van der Waals surface area contributed by atoms with Gasteiger partial charge in [0.1, 0.15) is 5.82 Å². The van der Waals surface area contributed by atoms with Crippen LogP contribution in [0.2, 0.25) is 0 Å². The monoisotopic (exact) mass is 174 g/mol. The topological polar surface area (TPSA) is 34.9 Å². The van der Waals surface area contributed by atoms with E-state index in [1.54, 1.807) is 6.07 Å². The Hall–Kier alpha value is -1.64. The van der Waals surface area contributed by atoms with Crippen molar-refractivity contribution in [3.05, 3.63) is 40.4 Å². The lowest BCUT2D eigenvalue weighted by atomic mass is 10.2. The molecular formula is C10H10N2O. The van der Waals surface area contributed by atoms with Crippen LogP contribution >= 0.6 is 0 Å². The minimum Gasteiger partial charge on any atom is -0.332 e. The molecule has 13 heavy (non-hydrogen) atoms. The van der Waals surface area contributed by atoms with Crippen LogP contribution in [0.4, 0.5) is 0 Å². The summed E-state index contributed by atoms with van der Waals surface area (Å²) in [6.45, 7) is 1.83. The zero-order valence-electron chi connectivity index (χ0n) is 7.61. The van der Waals surface area contributed by atoms with Crippen molar-refractivity contribution < 1.29 is 0 Å². The second-order valence-corrected chi connectivity index (χ2v) is 3.04. The van der Waals surface area contributed by atoms with Gasteiger partial charge in [-0.3, -0.25) is 4.79 Å². The van der Waals surface area contributed by atoms with Gasteiger partial charge in [0.15, 0.2) is 0 Å². The van der Waals surface area contributed by atoms with Crippen LogP contribution in [0.3, 0.4) is 0 Å². The van der Waals surface area contributed by atoms with E-state index in [0.29, 0.717) is 5.39 Å². The highest BCUT2D eigenvalue weighted by Gasteiger charge is 2.02. The van der Waals surface area contributed by atoms with Gasteiger partial charge in [0.05, 0.1) is 10.9 Å². The summed E-state index contributed by atoms with van der Waals surface area (Å²) in [6.07, 6.45) is 0. The Labute approximate surface area is 75.7 Å². The van der Waals surface area contributed by atoms with Crippen molar-refractivity contribution in [2.45, 2.75) is 6.92 Å². The fourth-order valence-electron chi connectivity index (χ4n) is 1.40. The second-order valence-electron chi connectivity index (χ2n) is 3.04. The van der Waals surface area contributed by atoms with Crippen LogP contribution in [0.15, 0.2) is 29.1 Å². The Morgan fingerprint density at radius 1 is 1.31 bits per heavy atom. The van der Waals surface area contributed by atoms with E-state index in [-0.39, 0.29) is 5.56 Å². The molecule has 0 aliphatic carbocycles. The first kappa shape index (κ1) is 7.98. The van der Waals surface area contributed by atoms with Crippen LogP contribution in [0.5, 0.6) is 0 Å². The predicted molar refractivity (Wildman–Crippen MR) is 51.7 cm³/mol. The van der Waals surface area contributed by atoms with E-state index in [1.165, 1.54) is 0 Å². The normalized spacial score (nSPS) is 10.6. The lowest BCUT2D eigenvalue weighted by Gasteiger charge is -2.06. The quantitative estimate of drug-likeness (QED) is 0.602. The number of fused-ring (bicyclic) bond motifs is 1. The van der Waals surface area contributed by atoms with E-state index >= 15 is 0 Å². The Balaban J connectivity index is 3.06. The molecule has 0 saturated heterocycles. The van der Waals surface area contributed by atoms with Gasteiger partial charge in [-0.15, -0.1) is 0 Å². The minimum atomic E-state index is -0.147. The zero-order chi connectivity index (χ0) is 9.42. The van der Waals surface area contributed by atoms with Crippen LogP contribution in [0, 0.1) is 6.92 Å². The van der Waals surface area contributed by atoms with E-state index in [0.717, 1.165) is 11.3 Å². The fraction of sp³-hybridized carbons (Fsp3) is 0.200. The van der Waals surface area contributed by atoms with Gasteiger partial charge in [-0.1, -0.05) is 12.1 Å². The molecule has 0 N–H and O–H groups in total. The molecule has 3 nitrogen and oxygen atoms in total. The van der Waals surface area contributed by atoms with Crippen molar-refractivity contribution in [2.75, 3.05) is 0 Å². The summed E-state index contributed by atoms with van der Waals surface area (Å²) in [5.74, 6) is 0.740. The van der Waals surface area contributed by atoms with Crippen LogP contribution in [-0.2, 0) is 7.05 Å². The van der Waals surface area contributed by atoms with Crippen molar-refractivity contribution >= 4 is 10.9 Å². The van der Waals surface area contributed by atoms with Crippen LogP contribution in [-0.4, -0.2) is 9.55 Å². The molecule has 0 unspecified atom stereocenters. The maximum absolute atomic E-state index is 11.4. The Kier molecular flexibility index (Phi) is 1.65. The predicted octanol–water partition coefficient (Wildman–Crippen LogP) is 1.24. The SMILES string of the molecule is Cc1nc(=O)c2ccccc2n1C. The number of hydrogen-bond donors (Lipinski definition) is 0. The maximum Gasteiger partial charge on any atom is 0.280 e. The van der Waals surface area contributed by atoms with Crippen molar-refractivity contribution in [1.29, 1.82) is 0 Å². The summed E-state index contributed by atoms with van der Waals surface area (Å²) in [5.41, 5.74) is 0.784. The third-order valence-electron chi connectivity index (χ3n) is 2.24. The lowest BCUT2D eigenvalue weighted by molar-refractivity contribution is 0.839. The maximum atomic E-state index is 11.4. The van der Waals surface area contributed by atoms with Crippen molar-refractivity contribution in [3.63, 3.8) is 0 Å². The average Bonchev–Trinajstić information content (AvgIpc) is 2.15. The molecule has 0 amide bonds. The number of aryl methyl sites for hydroxylation is 2. The molecule has 66 valence electrons. The number of rotatable bonds is 0. The molecule has 0 saturated carbocycles. The van der Waals surface area contributed by atoms with Gasteiger partial charge >= 0.3 is 0 Å². The first-order chi connectivity index (χ1) is 6.20. The van der Waals surface area contributed by atoms with Crippen molar-refractivity contribution in [1.82, 2.24) is 9.55 Å². The first-order valence-corrected chi connectivity index (χ1v) is 4.12. The number of benzene rings is 1. The fourth-order valence-corrected chi connectivity index (χ4v) is 1.40. The summed E-state index contributed by atoms with van der Waals surface area (Å²) < 4.78 is 1.91. The Morgan fingerprint density at radius 2 is 2.00 bits per heavy atom. The average molecular weight is 174 g/mol. The van der Waals surface area contributed by atoms with Gasteiger partial charge in [0, 0.05) is 7.05 Å². The molecule has 3 heteroatoms. The number of hydrogen-bond acceptors (Lipinski definition) is 2. The molecule has 0 aliphatic rings. The standard InChI is InChI=1S/C10H10N2O/c1-7-11-10(13)8-5-3-4-6-9(8)12(7)2/h3-6H,1-2H3. The highest BCUT2D eigenvalue weighted by atomic mass is 16.1. The van der Waals surface area contributed by atoms with Crippen LogP contribution in [0.25, 0.3) is 10.9 Å². The molecule has 0 atom stereocenters. The molecule has 1 aromatic carbocycles. The molecule has 0 fully saturated rings. The van der Waals surface area contributed by atoms with Crippen molar-refractivity contribution in [3.8, 4) is 0 Å². The molecule has 2 aromatic rings. The van der Waals surface area contributed by atoms with Crippen LogP contribution in [0.1, 0.15) is 5.82 Å².